The third kappa shape index (κ3) is 2.96. The zero-order valence-corrected chi connectivity index (χ0v) is 10.5. The maximum atomic E-state index is 11.4. The highest BCUT2D eigenvalue weighted by Crippen LogP contribution is 2.22. The molecule has 1 rings (SSSR count). The Hall–Kier alpha value is -1.07. The molecule has 0 saturated carbocycles. The van der Waals surface area contributed by atoms with Crippen LogP contribution >= 0.6 is 11.6 Å². The Morgan fingerprint density at radius 3 is 2.56 bits per heavy atom. The number of nitrogens with one attached hydrogen (secondary N) is 1. The van der Waals surface area contributed by atoms with Crippen molar-refractivity contribution in [1.82, 2.24) is 0 Å². The summed E-state index contributed by atoms with van der Waals surface area (Å²) in [5, 5.41) is 2.54. The van der Waals surface area contributed by atoms with Crippen LogP contribution in [0.4, 0.5) is 5.69 Å². The van der Waals surface area contributed by atoms with Gasteiger partial charge in [0, 0.05) is 11.9 Å². The van der Waals surface area contributed by atoms with Crippen molar-refractivity contribution < 1.29 is 13.2 Å². The van der Waals surface area contributed by atoms with E-state index in [9.17, 15) is 13.2 Å². The first-order valence-electron chi connectivity index (χ1n) is 4.51. The van der Waals surface area contributed by atoms with Crippen molar-refractivity contribution in [1.29, 1.82) is 0 Å². The zero-order chi connectivity index (χ0) is 12.3. The van der Waals surface area contributed by atoms with E-state index in [1.54, 1.807) is 19.1 Å². The molecule has 1 amide bonds. The fourth-order valence-electron chi connectivity index (χ4n) is 1.34. The zero-order valence-electron chi connectivity index (χ0n) is 8.95. The van der Waals surface area contributed by atoms with Crippen LogP contribution in [0.15, 0.2) is 23.1 Å². The lowest BCUT2D eigenvalue weighted by molar-refractivity contribution is -0.113. The van der Waals surface area contributed by atoms with E-state index in [4.69, 9.17) is 11.6 Å². The quantitative estimate of drug-likeness (QED) is 0.840. The van der Waals surface area contributed by atoms with Crippen LogP contribution in [-0.4, -0.2) is 26.5 Å². The van der Waals surface area contributed by atoms with Crippen molar-refractivity contribution in [2.45, 2.75) is 11.8 Å². The van der Waals surface area contributed by atoms with Crippen molar-refractivity contribution in [3.05, 3.63) is 23.8 Å². The van der Waals surface area contributed by atoms with E-state index in [1.165, 1.54) is 6.07 Å². The molecule has 0 fully saturated rings. The molecule has 0 atom stereocenters. The van der Waals surface area contributed by atoms with E-state index in [1.807, 2.05) is 0 Å². The van der Waals surface area contributed by atoms with E-state index in [-0.39, 0.29) is 16.7 Å². The van der Waals surface area contributed by atoms with Gasteiger partial charge in [-0.25, -0.2) is 8.42 Å². The molecule has 6 heteroatoms. The minimum Gasteiger partial charge on any atom is -0.325 e. The van der Waals surface area contributed by atoms with Gasteiger partial charge in [0.1, 0.15) is 5.88 Å². The number of alkyl halides is 1. The summed E-state index contributed by atoms with van der Waals surface area (Å²) in [4.78, 5) is 11.3. The molecule has 0 aliphatic heterocycles. The molecule has 0 aliphatic carbocycles. The Bertz CT molecular complexity index is 511. The number of hydrogen-bond acceptors (Lipinski definition) is 3. The second-order valence-corrected chi connectivity index (χ2v) is 5.63. The smallest absolute Gasteiger partial charge is 0.239 e. The van der Waals surface area contributed by atoms with Gasteiger partial charge in [0.2, 0.25) is 5.91 Å². The van der Waals surface area contributed by atoms with Gasteiger partial charge in [0.25, 0.3) is 0 Å². The maximum absolute atomic E-state index is 11.4. The summed E-state index contributed by atoms with van der Waals surface area (Å²) in [5.74, 6) is -0.529. The van der Waals surface area contributed by atoms with Crippen LogP contribution in [0.5, 0.6) is 0 Å². The Balaban J connectivity index is 3.20. The van der Waals surface area contributed by atoms with Crippen LogP contribution in [0, 0.1) is 6.92 Å². The number of rotatable bonds is 3. The molecule has 0 aliphatic rings. The highest BCUT2D eigenvalue weighted by Gasteiger charge is 2.13. The number of carbonyl (C=O) groups excluding carboxylic acids is 1. The summed E-state index contributed by atoms with van der Waals surface area (Å²) in [6.45, 7) is 1.64. The van der Waals surface area contributed by atoms with Crippen LogP contribution in [0.3, 0.4) is 0 Å². The lowest BCUT2D eigenvalue weighted by Gasteiger charge is -2.10. The highest BCUT2D eigenvalue weighted by atomic mass is 35.5. The minimum absolute atomic E-state index is 0.164. The molecule has 0 spiro atoms. The molecule has 0 aromatic heterocycles. The normalized spacial score (nSPS) is 11.2. The molecule has 16 heavy (non-hydrogen) atoms. The summed E-state index contributed by atoms with van der Waals surface area (Å²) in [7, 11) is -3.28. The Morgan fingerprint density at radius 1 is 1.44 bits per heavy atom. The average molecular weight is 262 g/mol. The van der Waals surface area contributed by atoms with Crippen molar-refractivity contribution >= 4 is 33.0 Å². The largest absolute Gasteiger partial charge is 0.325 e. The number of sulfone groups is 1. The number of hydrogen-bond donors (Lipinski definition) is 1. The molecule has 88 valence electrons. The molecule has 0 unspecified atom stereocenters. The fraction of sp³-hybridized carbons (Fsp3) is 0.300. The van der Waals surface area contributed by atoms with Gasteiger partial charge < -0.3 is 5.32 Å². The molecular weight excluding hydrogens is 250 g/mol. The lowest BCUT2D eigenvalue weighted by Crippen LogP contribution is -2.14. The first-order valence-corrected chi connectivity index (χ1v) is 6.94. The molecule has 0 radical (unpaired) electrons. The molecule has 1 aromatic carbocycles. The van der Waals surface area contributed by atoms with E-state index in [0.717, 1.165) is 6.26 Å². The van der Waals surface area contributed by atoms with Crippen LogP contribution in [0.2, 0.25) is 0 Å². The second-order valence-electron chi connectivity index (χ2n) is 3.38. The molecule has 1 aromatic rings. The molecule has 0 saturated heterocycles. The predicted molar refractivity (Wildman–Crippen MR) is 63.6 cm³/mol. The maximum Gasteiger partial charge on any atom is 0.239 e. The number of amides is 1. The fourth-order valence-corrected chi connectivity index (χ4v) is 2.39. The molecular formula is C10H12ClNO3S. The highest BCUT2D eigenvalue weighted by molar-refractivity contribution is 7.90. The average Bonchev–Trinajstić information content (AvgIpc) is 2.19. The molecule has 4 nitrogen and oxygen atoms in total. The van der Waals surface area contributed by atoms with E-state index >= 15 is 0 Å². The predicted octanol–water partition coefficient (Wildman–Crippen LogP) is 1.58. The molecule has 0 bridgehead atoms. The van der Waals surface area contributed by atoms with Crippen LogP contribution in [0.25, 0.3) is 0 Å². The summed E-state index contributed by atoms with van der Waals surface area (Å²) in [6.07, 6.45) is 1.13. The standard InChI is InChI=1S/C10H12ClNO3S/c1-7-8(12-10(13)6-11)4-3-5-9(7)16(2,14)15/h3-5H,6H2,1-2H3,(H,12,13). The van der Waals surface area contributed by atoms with Crippen molar-refractivity contribution in [3.8, 4) is 0 Å². The lowest BCUT2D eigenvalue weighted by atomic mass is 10.2. The molecule has 0 heterocycles. The van der Waals surface area contributed by atoms with Crippen molar-refractivity contribution in [3.63, 3.8) is 0 Å². The van der Waals surface area contributed by atoms with Gasteiger partial charge in [-0.15, -0.1) is 11.6 Å². The van der Waals surface area contributed by atoms with Gasteiger partial charge in [-0.05, 0) is 24.6 Å². The van der Waals surface area contributed by atoms with Gasteiger partial charge in [-0.2, -0.15) is 0 Å². The van der Waals surface area contributed by atoms with Crippen LogP contribution < -0.4 is 5.32 Å². The van der Waals surface area contributed by atoms with Crippen molar-refractivity contribution in [2.75, 3.05) is 17.5 Å². The van der Waals surface area contributed by atoms with Gasteiger partial charge >= 0.3 is 0 Å². The summed E-state index contributed by atoms with van der Waals surface area (Å²) in [5.41, 5.74) is 0.983. The van der Waals surface area contributed by atoms with Crippen LogP contribution in [-0.2, 0) is 14.6 Å². The number of anilines is 1. The number of halogens is 1. The topological polar surface area (TPSA) is 63.2 Å². The van der Waals surface area contributed by atoms with E-state index in [2.05, 4.69) is 5.32 Å². The second kappa shape index (κ2) is 4.84. The van der Waals surface area contributed by atoms with Gasteiger partial charge in [-0.1, -0.05) is 6.07 Å². The van der Waals surface area contributed by atoms with E-state index < -0.39 is 9.84 Å². The van der Waals surface area contributed by atoms with Gasteiger partial charge in [0.15, 0.2) is 9.84 Å². The Labute approximate surface area is 99.5 Å². The van der Waals surface area contributed by atoms with Crippen molar-refractivity contribution in [2.24, 2.45) is 0 Å². The number of benzene rings is 1. The summed E-state index contributed by atoms with van der Waals surface area (Å²) >= 11 is 5.35. The molecule has 1 N–H and O–H groups in total. The minimum atomic E-state index is -3.28. The first-order chi connectivity index (χ1) is 7.36. The van der Waals surface area contributed by atoms with E-state index in [0.29, 0.717) is 11.3 Å². The summed E-state index contributed by atoms with van der Waals surface area (Å²) in [6, 6.07) is 4.71. The van der Waals surface area contributed by atoms with Crippen LogP contribution in [0.1, 0.15) is 5.56 Å². The third-order valence-electron chi connectivity index (χ3n) is 2.08. The van der Waals surface area contributed by atoms with Gasteiger partial charge in [0.05, 0.1) is 4.90 Å². The summed E-state index contributed by atoms with van der Waals surface area (Å²) < 4.78 is 22.8. The third-order valence-corrected chi connectivity index (χ3v) is 3.56. The SMILES string of the molecule is Cc1c(NC(=O)CCl)cccc1S(C)(=O)=O. The Morgan fingerprint density at radius 2 is 2.06 bits per heavy atom. The first kappa shape index (κ1) is 13.0. The monoisotopic (exact) mass is 261 g/mol. The number of carbonyl (C=O) groups is 1. The van der Waals surface area contributed by atoms with Gasteiger partial charge in [-0.3, -0.25) is 4.79 Å². The Kier molecular flexibility index (Phi) is 3.93.